The molecule has 42 heavy (non-hydrogen) atoms. The van der Waals surface area contributed by atoms with Crippen molar-refractivity contribution in [1.82, 2.24) is 14.8 Å². The van der Waals surface area contributed by atoms with Crippen molar-refractivity contribution in [1.29, 1.82) is 0 Å². The van der Waals surface area contributed by atoms with E-state index in [4.69, 9.17) is 18.9 Å². The summed E-state index contributed by atoms with van der Waals surface area (Å²) in [6.07, 6.45) is 1.06. The molecule has 0 saturated carbocycles. The topological polar surface area (TPSA) is 111 Å². The maximum Gasteiger partial charge on any atom is 0.259 e. The van der Waals surface area contributed by atoms with E-state index < -0.39 is 12.1 Å². The van der Waals surface area contributed by atoms with Gasteiger partial charge < -0.3 is 33.9 Å². The first-order valence-corrected chi connectivity index (χ1v) is 13.7. The van der Waals surface area contributed by atoms with Crippen molar-refractivity contribution >= 4 is 11.8 Å². The molecule has 3 atom stereocenters. The number of benzene rings is 2. The second-order valence-corrected chi connectivity index (χ2v) is 10.4. The maximum absolute atomic E-state index is 13.7. The Hall–Kier alpha value is -4.75. The van der Waals surface area contributed by atoms with E-state index in [9.17, 15) is 14.7 Å². The van der Waals surface area contributed by atoms with Gasteiger partial charge in [-0.1, -0.05) is 30.9 Å². The maximum atomic E-state index is 13.7. The van der Waals surface area contributed by atoms with E-state index in [2.05, 4.69) is 16.8 Å². The van der Waals surface area contributed by atoms with E-state index in [1.54, 1.807) is 61.3 Å². The van der Waals surface area contributed by atoms with Gasteiger partial charge >= 0.3 is 0 Å². The molecule has 10 nitrogen and oxygen atoms in total. The van der Waals surface area contributed by atoms with E-state index >= 15 is 0 Å². The Kier molecular flexibility index (Phi) is 8.50. The summed E-state index contributed by atoms with van der Waals surface area (Å²) in [6.45, 7) is 4.20. The van der Waals surface area contributed by atoms with Crippen LogP contribution in [0.5, 0.6) is 23.1 Å². The molecule has 3 aromatic rings. The second-order valence-electron chi connectivity index (χ2n) is 10.4. The smallest absolute Gasteiger partial charge is 0.259 e. The highest BCUT2D eigenvalue weighted by molar-refractivity contribution is 5.97. The van der Waals surface area contributed by atoms with Gasteiger partial charge in [0.2, 0.25) is 12.7 Å². The predicted octanol–water partition coefficient (Wildman–Crippen LogP) is 3.21. The van der Waals surface area contributed by atoms with Gasteiger partial charge in [-0.15, -0.1) is 0 Å². The first-order chi connectivity index (χ1) is 20.3. The summed E-state index contributed by atoms with van der Waals surface area (Å²) in [7, 11) is 3.28. The Labute approximate surface area is 244 Å². The molecule has 0 fully saturated rings. The number of fused-ring (bicyclic) bond motifs is 2. The average Bonchev–Trinajstić information content (AvgIpc) is 3.49. The van der Waals surface area contributed by atoms with Crippen molar-refractivity contribution in [2.45, 2.75) is 26.0 Å². The zero-order valence-corrected chi connectivity index (χ0v) is 24.0. The third-order valence-electron chi connectivity index (χ3n) is 7.39. The fourth-order valence-electron chi connectivity index (χ4n) is 4.88. The van der Waals surface area contributed by atoms with Crippen LogP contribution in [0.25, 0.3) is 0 Å². The second kappa shape index (κ2) is 12.4. The van der Waals surface area contributed by atoms with E-state index in [1.807, 2.05) is 31.2 Å². The fourth-order valence-corrected chi connectivity index (χ4v) is 4.88. The molecule has 2 aliphatic rings. The Morgan fingerprint density at radius 1 is 1.19 bits per heavy atom. The van der Waals surface area contributed by atoms with Crippen molar-refractivity contribution < 1.29 is 33.6 Å². The average molecular weight is 572 g/mol. The minimum atomic E-state index is -0.494. The van der Waals surface area contributed by atoms with Crippen LogP contribution in [-0.4, -0.2) is 84.5 Å². The number of rotatable bonds is 6. The van der Waals surface area contributed by atoms with Gasteiger partial charge in [0.05, 0.1) is 31.9 Å². The number of aliphatic hydroxyl groups excluding tert-OH is 1. The Balaban J connectivity index is 1.43. The number of aromatic nitrogens is 1. The van der Waals surface area contributed by atoms with Crippen LogP contribution in [-0.2, 0) is 0 Å². The SMILES string of the molecule is COc1ccccc1C#Cc1cnc2c(c1)C(=O)N([C@H](C)CO)C[C@@H](C)[C@@H](CN(C)C(=O)c1ccc3c(c1)OCO3)O2. The number of aliphatic hydroxyl groups is 1. The van der Waals surface area contributed by atoms with Crippen molar-refractivity contribution in [2.75, 3.05) is 40.6 Å². The van der Waals surface area contributed by atoms with Gasteiger partial charge in [0.15, 0.2) is 11.5 Å². The molecule has 1 N–H and O–H groups in total. The fraction of sp³-hybridized carbons (Fsp3) is 0.344. The highest BCUT2D eigenvalue weighted by Gasteiger charge is 2.35. The van der Waals surface area contributed by atoms with E-state index in [0.717, 1.165) is 0 Å². The molecule has 1 aromatic heterocycles. The Morgan fingerprint density at radius 2 is 1.98 bits per heavy atom. The molecule has 0 aliphatic carbocycles. The number of para-hydroxylation sites is 1. The van der Waals surface area contributed by atoms with Gasteiger partial charge in [-0.05, 0) is 43.3 Å². The number of nitrogens with zero attached hydrogens (tertiary/aromatic N) is 3. The number of hydrogen-bond acceptors (Lipinski definition) is 8. The molecule has 0 spiro atoms. The van der Waals surface area contributed by atoms with Crippen LogP contribution >= 0.6 is 0 Å². The normalized spacial score (nSPS) is 18.0. The van der Waals surface area contributed by atoms with E-state index in [-0.39, 0.29) is 49.1 Å². The number of ether oxygens (including phenoxy) is 4. The molecule has 218 valence electrons. The van der Waals surface area contributed by atoms with E-state index in [0.29, 0.717) is 40.5 Å². The third-order valence-corrected chi connectivity index (χ3v) is 7.39. The molecule has 2 aliphatic heterocycles. The van der Waals surface area contributed by atoms with Crippen LogP contribution in [0, 0.1) is 17.8 Å². The molecule has 0 unspecified atom stereocenters. The molecule has 10 heteroatoms. The van der Waals surface area contributed by atoms with Crippen LogP contribution in [0.15, 0.2) is 54.7 Å². The molecule has 0 radical (unpaired) electrons. The predicted molar refractivity (Wildman–Crippen MR) is 154 cm³/mol. The molecule has 5 rings (SSSR count). The van der Waals surface area contributed by atoms with Gasteiger partial charge in [-0.2, -0.15) is 0 Å². The van der Waals surface area contributed by atoms with Crippen LogP contribution in [0.2, 0.25) is 0 Å². The van der Waals surface area contributed by atoms with Crippen LogP contribution in [0.3, 0.4) is 0 Å². The monoisotopic (exact) mass is 571 g/mol. The standard InChI is InChI=1S/C32H33N3O7/c1-20-16-35(21(2)18-36)32(38)25-13-22(9-10-23-7-5-6-8-26(23)39-4)15-33-30(25)42-29(20)17-34(3)31(37)24-11-12-27-28(14-24)41-19-40-27/h5-8,11-15,20-21,29,36H,16-19H2,1-4H3/t20-,21-,29-/m1/s1. The molecule has 2 amide bonds. The number of likely N-dealkylation sites (N-methyl/N-ethyl adjacent to an activating group) is 1. The summed E-state index contributed by atoms with van der Waals surface area (Å²) >= 11 is 0. The lowest BCUT2D eigenvalue weighted by Crippen LogP contribution is -2.50. The van der Waals surface area contributed by atoms with Crippen LogP contribution < -0.4 is 18.9 Å². The van der Waals surface area contributed by atoms with Crippen molar-refractivity contribution in [2.24, 2.45) is 5.92 Å². The van der Waals surface area contributed by atoms with E-state index in [1.165, 1.54) is 0 Å². The lowest BCUT2D eigenvalue weighted by molar-refractivity contribution is 0.0313. The number of methoxy groups -OCH3 is 1. The number of carbonyl (C=O) groups excluding carboxylic acids is 2. The Bertz CT molecular complexity index is 1550. The number of carbonyl (C=O) groups is 2. The summed E-state index contributed by atoms with van der Waals surface area (Å²) in [4.78, 5) is 34.7. The zero-order valence-electron chi connectivity index (χ0n) is 24.0. The third kappa shape index (κ3) is 5.97. The summed E-state index contributed by atoms with van der Waals surface area (Å²) in [5, 5.41) is 9.95. The van der Waals surface area contributed by atoms with Gasteiger partial charge in [-0.25, -0.2) is 4.98 Å². The van der Waals surface area contributed by atoms with Crippen molar-refractivity contribution in [3.05, 3.63) is 77.0 Å². The Morgan fingerprint density at radius 3 is 2.76 bits per heavy atom. The minimum absolute atomic E-state index is 0.123. The highest BCUT2D eigenvalue weighted by atomic mass is 16.7. The first kappa shape index (κ1) is 28.8. The van der Waals surface area contributed by atoms with Crippen molar-refractivity contribution in [3.8, 4) is 35.0 Å². The molecule has 3 heterocycles. The van der Waals surface area contributed by atoms with Gasteiger partial charge in [0.25, 0.3) is 11.8 Å². The first-order valence-electron chi connectivity index (χ1n) is 13.7. The van der Waals surface area contributed by atoms with Crippen LogP contribution in [0.1, 0.15) is 45.7 Å². The number of amides is 2. The minimum Gasteiger partial charge on any atom is -0.495 e. The van der Waals surface area contributed by atoms with Gasteiger partial charge in [0.1, 0.15) is 17.4 Å². The molecular formula is C32H33N3O7. The molecule has 2 aromatic carbocycles. The van der Waals surface area contributed by atoms with Gasteiger partial charge in [0, 0.05) is 36.8 Å². The molecule has 0 saturated heterocycles. The quantitative estimate of drug-likeness (QED) is 0.449. The summed E-state index contributed by atoms with van der Waals surface area (Å²) in [6, 6.07) is 13.7. The number of hydrogen-bond donors (Lipinski definition) is 1. The molecule has 0 bridgehead atoms. The summed E-state index contributed by atoms with van der Waals surface area (Å²) in [5.74, 6) is 7.36. The van der Waals surface area contributed by atoms with Gasteiger partial charge in [-0.3, -0.25) is 9.59 Å². The summed E-state index contributed by atoms with van der Waals surface area (Å²) < 4.78 is 22.5. The zero-order chi connectivity index (χ0) is 29.8. The molecular weight excluding hydrogens is 538 g/mol. The highest BCUT2D eigenvalue weighted by Crippen LogP contribution is 2.33. The lowest BCUT2D eigenvalue weighted by atomic mass is 9.99. The largest absolute Gasteiger partial charge is 0.495 e. The summed E-state index contributed by atoms with van der Waals surface area (Å²) in [5.41, 5.74) is 1.92. The van der Waals surface area contributed by atoms with Crippen LogP contribution in [0.4, 0.5) is 0 Å². The lowest BCUT2D eigenvalue weighted by Gasteiger charge is -2.37. The number of pyridine rings is 1. The van der Waals surface area contributed by atoms with Crippen molar-refractivity contribution in [3.63, 3.8) is 0 Å².